The first-order valence-electron chi connectivity index (χ1n) is 7.38. The molecule has 0 aliphatic heterocycles. The molecule has 0 atom stereocenters. The van der Waals surface area contributed by atoms with Gasteiger partial charge in [0.15, 0.2) is 5.65 Å². The number of nitrogens with one attached hydrogen (secondary N) is 2. The molecule has 6 nitrogen and oxygen atoms in total. The monoisotopic (exact) mass is 334 g/mol. The molecule has 0 aliphatic rings. The van der Waals surface area contributed by atoms with E-state index in [0.717, 1.165) is 22.0 Å². The van der Waals surface area contributed by atoms with E-state index in [4.69, 9.17) is 0 Å². The maximum absolute atomic E-state index is 4.41. The number of fused-ring (bicyclic) bond motifs is 3. The molecule has 0 aliphatic carbocycles. The minimum absolute atomic E-state index is 0.353. The molecule has 2 aromatic carbocycles. The van der Waals surface area contributed by atoms with Crippen LogP contribution in [0.25, 0.3) is 22.1 Å². The van der Waals surface area contributed by atoms with Crippen molar-refractivity contribution in [2.24, 2.45) is 5.10 Å². The molecule has 118 valence electrons. The van der Waals surface area contributed by atoms with Gasteiger partial charge in [0, 0.05) is 15.8 Å². The van der Waals surface area contributed by atoms with Crippen LogP contribution in [0.5, 0.6) is 0 Å². The van der Waals surface area contributed by atoms with Crippen LogP contribution in [0.4, 0.5) is 5.95 Å². The molecule has 0 radical (unpaired) electrons. The summed E-state index contributed by atoms with van der Waals surface area (Å²) in [6.45, 7) is 0. The minimum Gasteiger partial charge on any atom is -0.338 e. The number of para-hydroxylation sites is 1. The number of anilines is 1. The van der Waals surface area contributed by atoms with E-state index in [0.29, 0.717) is 11.6 Å². The third kappa shape index (κ3) is 2.81. The smallest absolute Gasteiger partial charge is 0.265 e. The summed E-state index contributed by atoms with van der Waals surface area (Å²) < 4.78 is 0. The van der Waals surface area contributed by atoms with Crippen molar-refractivity contribution in [1.29, 1.82) is 0 Å². The zero-order chi connectivity index (χ0) is 16.4. The molecule has 4 rings (SSSR count). The van der Waals surface area contributed by atoms with Gasteiger partial charge in [-0.1, -0.05) is 30.3 Å². The van der Waals surface area contributed by atoms with E-state index in [-0.39, 0.29) is 0 Å². The Bertz CT molecular complexity index is 1020. The molecule has 7 heteroatoms. The quantitative estimate of drug-likeness (QED) is 0.338. The van der Waals surface area contributed by atoms with Crippen LogP contribution in [-0.2, 0) is 0 Å². The predicted octanol–water partition coefficient (Wildman–Crippen LogP) is 3.67. The van der Waals surface area contributed by atoms with Gasteiger partial charge in [0.05, 0.1) is 6.21 Å². The molecule has 0 saturated heterocycles. The first kappa shape index (κ1) is 14.6. The average Bonchev–Trinajstić information content (AvgIpc) is 3.00. The number of rotatable bonds is 4. The normalized spacial score (nSPS) is 11.5. The highest BCUT2D eigenvalue weighted by molar-refractivity contribution is 7.98. The second-order valence-electron chi connectivity index (χ2n) is 5.15. The predicted molar refractivity (Wildman–Crippen MR) is 98.6 cm³/mol. The molecule has 0 amide bonds. The van der Waals surface area contributed by atoms with Crippen molar-refractivity contribution in [1.82, 2.24) is 20.2 Å². The number of aromatic amines is 1. The average molecular weight is 334 g/mol. The molecular formula is C17H14N6S. The summed E-state index contributed by atoms with van der Waals surface area (Å²) in [5.41, 5.74) is 6.25. The van der Waals surface area contributed by atoms with E-state index in [1.165, 1.54) is 4.90 Å². The first-order valence-corrected chi connectivity index (χ1v) is 8.60. The number of benzene rings is 2. The second-order valence-corrected chi connectivity index (χ2v) is 6.03. The fourth-order valence-electron chi connectivity index (χ4n) is 2.42. The molecule has 24 heavy (non-hydrogen) atoms. The van der Waals surface area contributed by atoms with Crippen LogP contribution in [0.1, 0.15) is 5.56 Å². The van der Waals surface area contributed by atoms with E-state index < -0.39 is 0 Å². The van der Waals surface area contributed by atoms with Gasteiger partial charge >= 0.3 is 0 Å². The van der Waals surface area contributed by atoms with Gasteiger partial charge in [0.1, 0.15) is 5.52 Å². The highest BCUT2D eigenvalue weighted by Gasteiger charge is 2.07. The Balaban J connectivity index is 1.55. The Kier molecular flexibility index (Phi) is 3.84. The summed E-state index contributed by atoms with van der Waals surface area (Å²) in [6, 6.07) is 16.1. The highest BCUT2D eigenvalue weighted by Crippen LogP contribution is 2.21. The van der Waals surface area contributed by atoms with Gasteiger partial charge in [0.25, 0.3) is 5.95 Å². The number of nitrogens with zero attached hydrogens (tertiary/aromatic N) is 4. The van der Waals surface area contributed by atoms with Crippen molar-refractivity contribution in [2.75, 3.05) is 11.7 Å². The number of hydrogen-bond donors (Lipinski definition) is 2. The Labute approximate surface area is 142 Å². The van der Waals surface area contributed by atoms with Crippen LogP contribution < -0.4 is 5.43 Å². The zero-order valence-corrected chi connectivity index (χ0v) is 13.7. The van der Waals surface area contributed by atoms with Crippen LogP contribution in [0, 0.1) is 0 Å². The van der Waals surface area contributed by atoms with Gasteiger partial charge in [-0.2, -0.15) is 10.1 Å². The minimum atomic E-state index is 0.353. The molecule has 4 aromatic rings. The number of aromatic nitrogens is 4. The molecule has 2 heterocycles. The molecule has 0 bridgehead atoms. The lowest BCUT2D eigenvalue weighted by molar-refractivity contribution is 1.01. The second kappa shape index (κ2) is 6.29. The maximum Gasteiger partial charge on any atom is 0.265 e. The van der Waals surface area contributed by atoms with Crippen molar-refractivity contribution in [3.8, 4) is 0 Å². The van der Waals surface area contributed by atoms with E-state index >= 15 is 0 Å². The first-order chi connectivity index (χ1) is 11.8. The van der Waals surface area contributed by atoms with Crippen molar-refractivity contribution in [2.45, 2.75) is 4.90 Å². The topological polar surface area (TPSA) is 78.8 Å². The Morgan fingerprint density at radius 2 is 1.92 bits per heavy atom. The van der Waals surface area contributed by atoms with Crippen LogP contribution in [0.15, 0.2) is 58.5 Å². The van der Waals surface area contributed by atoms with Crippen molar-refractivity contribution in [3.05, 3.63) is 54.1 Å². The molecule has 0 unspecified atom stereocenters. The third-order valence-corrected chi connectivity index (χ3v) is 4.36. The fourth-order valence-corrected chi connectivity index (χ4v) is 2.83. The molecule has 2 aromatic heterocycles. The Hall–Kier alpha value is -2.93. The van der Waals surface area contributed by atoms with Crippen LogP contribution in [-0.4, -0.2) is 32.6 Å². The van der Waals surface area contributed by atoms with Gasteiger partial charge in [-0.05, 0) is 30.0 Å². The lowest BCUT2D eigenvalue weighted by Crippen LogP contribution is -1.98. The van der Waals surface area contributed by atoms with Crippen LogP contribution in [0.3, 0.4) is 0 Å². The molecular weight excluding hydrogens is 320 g/mol. The standard InChI is InChI=1S/C17H14N6S/c1-24-12-8-6-11(7-9-12)10-18-22-17-20-16-15(21-23-17)13-4-2-3-5-14(13)19-16/h2-10H,1H3,(H2,19,20,22,23)/b18-10+. The fraction of sp³-hybridized carbons (Fsp3) is 0.0588. The lowest BCUT2D eigenvalue weighted by atomic mass is 10.2. The summed E-state index contributed by atoms with van der Waals surface area (Å²) in [5, 5.41) is 13.5. The van der Waals surface area contributed by atoms with Crippen LogP contribution >= 0.6 is 11.8 Å². The summed E-state index contributed by atoms with van der Waals surface area (Å²) in [4.78, 5) is 8.86. The van der Waals surface area contributed by atoms with E-state index in [1.54, 1.807) is 18.0 Å². The largest absolute Gasteiger partial charge is 0.338 e. The third-order valence-electron chi connectivity index (χ3n) is 3.62. The zero-order valence-electron chi connectivity index (χ0n) is 12.9. The molecule has 0 spiro atoms. The summed E-state index contributed by atoms with van der Waals surface area (Å²) >= 11 is 1.71. The van der Waals surface area contributed by atoms with Crippen molar-refractivity contribution >= 4 is 46.0 Å². The molecule has 0 saturated carbocycles. The van der Waals surface area contributed by atoms with E-state index in [2.05, 4.69) is 49.1 Å². The van der Waals surface area contributed by atoms with Gasteiger partial charge < -0.3 is 4.98 Å². The van der Waals surface area contributed by atoms with Gasteiger partial charge in [0.2, 0.25) is 0 Å². The van der Waals surface area contributed by atoms with Gasteiger partial charge in [-0.25, -0.2) is 5.43 Å². The number of hydrogen-bond acceptors (Lipinski definition) is 6. The summed E-state index contributed by atoms with van der Waals surface area (Å²) in [5.74, 6) is 0.353. The van der Waals surface area contributed by atoms with Crippen molar-refractivity contribution < 1.29 is 0 Å². The molecule has 0 fully saturated rings. The van der Waals surface area contributed by atoms with E-state index in [1.807, 2.05) is 36.4 Å². The Morgan fingerprint density at radius 3 is 2.75 bits per heavy atom. The SMILES string of the molecule is CSc1ccc(/C=N/Nc2nnc3c(n2)[nH]c2ccccc23)cc1. The maximum atomic E-state index is 4.41. The van der Waals surface area contributed by atoms with Crippen LogP contribution in [0.2, 0.25) is 0 Å². The summed E-state index contributed by atoms with van der Waals surface area (Å²) in [6.07, 6.45) is 3.78. The number of hydrazone groups is 1. The highest BCUT2D eigenvalue weighted by atomic mass is 32.2. The van der Waals surface area contributed by atoms with Gasteiger partial charge in [-0.15, -0.1) is 22.0 Å². The van der Waals surface area contributed by atoms with Crippen molar-refractivity contribution in [3.63, 3.8) is 0 Å². The molecule has 2 N–H and O–H groups in total. The van der Waals surface area contributed by atoms with Gasteiger partial charge in [-0.3, -0.25) is 0 Å². The lowest BCUT2D eigenvalue weighted by Gasteiger charge is -1.98. The van der Waals surface area contributed by atoms with E-state index in [9.17, 15) is 0 Å². The summed E-state index contributed by atoms with van der Waals surface area (Å²) in [7, 11) is 0. The number of H-pyrrole nitrogens is 1. The number of thioether (sulfide) groups is 1. The Morgan fingerprint density at radius 1 is 1.08 bits per heavy atom.